The molecule has 0 bridgehead atoms. The molecule has 0 unspecified atom stereocenters. The van der Waals surface area contributed by atoms with E-state index in [1.807, 2.05) is 6.20 Å². The van der Waals surface area contributed by atoms with Crippen molar-refractivity contribution in [3.05, 3.63) is 47.9 Å². The number of rotatable bonds is 5. The summed E-state index contributed by atoms with van der Waals surface area (Å²) in [6.45, 7) is 9.75. The number of ether oxygens (including phenoxy) is 1. The molecule has 2 saturated heterocycles. The Labute approximate surface area is 183 Å². The molecule has 0 spiro atoms. The Balaban J connectivity index is 1.35. The summed E-state index contributed by atoms with van der Waals surface area (Å²) in [7, 11) is 0. The maximum Gasteiger partial charge on any atom is 0.139 e. The maximum absolute atomic E-state index is 5.56. The molecule has 0 amide bonds. The zero-order chi connectivity index (χ0) is 21.3. The van der Waals surface area contributed by atoms with Crippen LogP contribution in [0, 0.1) is 0 Å². The SMILES string of the molecule is CC1(C)CN(c2cccc(CNc3ccnc4[nH]cc(C5CCOCC5)c34)n2)CCN1. The van der Waals surface area contributed by atoms with Gasteiger partial charge in [0, 0.05) is 61.9 Å². The summed E-state index contributed by atoms with van der Waals surface area (Å²) >= 11 is 0. The highest BCUT2D eigenvalue weighted by Crippen LogP contribution is 2.35. The van der Waals surface area contributed by atoms with Crippen molar-refractivity contribution in [1.29, 1.82) is 0 Å². The fourth-order valence-corrected chi connectivity index (χ4v) is 4.82. The van der Waals surface area contributed by atoms with E-state index < -0.39 is 0 Å². The Kier molecular flexibility index (Phi) is 5.54. The van der Waals surface area contributed by atoms with Crippen LogP contribution < -0.4 is 15.5 Å². The van der Waals surface area contributed by atoms with Crippen LogP contribution in [0.5, 0.6) is 0 Å². The van der Waals surface area contributed by atoms with Crippen LogP contribution in [-0.2, 0) is 11.3 Å². The number of anilines is 2. The normalized spacial score (nSPS) is 19.6. The highest BCUT2D eigenvalue weighted by Gasteiger charge is 2.26. The summed E-state index contributed by atoms with van der Waals surface area (Å²) in [4.78, 5) is 15.2. The molecule has 0 aromatic carbocycles. The van der Waals surface area contributed by atoms with E-state index >= 15 is 0 Å². The molecular formula is C24H32N6O. The van der Waals surface area contributed by atoms with Crippen LogP contribution in [0.3, 0.4) is 0 Å². The van der Waals surface area contributed by atoms with Crippen LogP contribution in [-0.4, -0.2) is 53.3 Å². The number of piperazine rings is 1. The lowest BCUT2D eigenvalue weighted by molar-refractivity contribution is 0.0856. The van der Waals surface area contributed by atoms with Crippen LogP contribution >= 0.6 is 0 Å². The van der Waals surface area contributed by atoms with Gasteiger partial charge in [-0.25, -0.2) is 9.97 Å². The summed E-state index contributed by atoms with van der Waals surface area (Å²) in [5.74, 6) is 1.57. The van der Waals surface area contributed by atoms with Gasteiger partial charge >= 0.3 is 0 Å². The third kappa shape index (κ3) is 4.38. The molecule has 0 saturated carbocycles. The van der Waals surface area contributed by atoms with Gasteiger partial charge in [0.15, 0.2) is 0 Å². The van der Waals surface area contributed by atoms with Crippen LogP contribution in [0.4, 0.5) is 11.5 Å². The molecule has 7 nitrogen and oxygen atoms in total. The minimum Gasteiger partial charge on any atom is -0.381 e. The smallest absolute Gasteiger partial charge is 0.139 e. The van der Waals surface area contributed by atoms with Gasteiger partial charge in [-0.1, -0.05) is 6.07 Å². The molecule has 3 N–H and O–H groups in total. The number of fused-ring (bicyclic) bond motifs is 1. The average Bonchev–Trinajstić information content (AvgIpc) is 3.23. The summed E-state index contributed by atoms with van der Waals surface area (Å²) < 4.78 is 5.56. The number of nitrogens with zero attached hydrogens (tertiary/aromatic N) is 3. The van der Waals surface area contributed by atoms with Gasteiger partial charge in [-0.15, -0.1) is 0 Å². The van der Waals surface area contributed by atoms with E-state index in [-0.39, 0.29) is 5.54 Å². The molecule has 2 fully saturated rings. The number of hydrogen-bond acceptors (Lipinski definition) is 6. The number of nitrogens with one attached hydrogen (secondary N) is 3. The quantitative estimate of drug-likeness (QED) is 0.585. The number of hydrogen-bond donors (Lipinski definition) is 3. The molecule has 0 radical (unpaired) electrons. The largest absolute Gasteiger partial charge is 0.381 e. The van der Waals surface area contributed by atoms with Crippen LogP contribution in [0.2, 0.25) is 0 Å². The molecule has 2 aliphatic heterocycles. The second-order valence-electron chi connectivity index (χ2n) is 9.29. The molecule has 2 aliphatic rings. The van der Waals surface area contributed by atoms with Crippen molar-refractivity contribution >= 4 is 22.5 Å². The van der Waals surface area contributed by atoms with E-state index in [0.29, 0.717) is 12.5 Å². The third-order valence-electron chi connectivity index (χ3n) is 6.41. The number of H-pyrrole nitrogens is 1. The lowest BCUT2D eigenvalue weighted by Crippen LogP contribution is -2.57. The molecule has 0 atom stereocenters. The first-order valence-electron chi connectivity index (χ1n) is 11.3. The molecule has 164 valence electrons. The van der Waals surface area contributed by atoms with E-state index in [1.54, 1.807) is 0 Å². The Morgan fingerprint density at radius 1 is 1.23 bits per heavy atom. The zero-order valence-corrected chi connectivity index (χ0v) is 18.4. The molecule has 31 heavy (non-hydrogen) atoms. The minimum atomic E-state index is 0.103. The fraction of sp³-hybridized carbons (Fsp3) is 0.500. The number of pyridine rings is 2. The monoisotopic (exact) mass is 420 g/mol. The van der Waals surface area contributed by atoms with Crippen LogP contribution in [0.15, 0.2) is 36.7 Å². The van der Waals surface area contributed by atoms with E-state index in [4.69, 9.17) is 9.72 Å². The standard InChI is InChI=1S/C24H32N6O/c1-24(2)16-30(11-10-28-24)21-5-3-4-18(29-21)14-26-20-6-9-25-23-22(20)19(15-27-23)17-7-12-31-13-8-17/h3-6,9,15,17,28H,7-8,10-14,16H2,1-2H3,(H2,25,26,27). The maximum atomic E-state index is 5.56. The topological polar surface area (TPSA) is 78.1 Å². The van der Waals surface area contributed by atoms with Gasteiger partial charge in [0.1, 0.15) is 11.5 Å². The second-order valence-corrected chi connectivity index (χ2v) is 9.29. The average molecular weight is 421 g/mol. The van der Waals surface area contributed by atoms with Crippen LogP contribution in [0.25, 0.3) is 11.0 Å². The van der Waals surface area contributed by atoms with E-state index in [0.717, 1.165) is 68.5 Å². The van der Waals surface area contributed by atoms with Crippen molar-refractivity contribution in [2.75, 3.05) is 43.1 Å². The number of aromatic nitrogens is 3. The summed E-state index contributed by atoms with van der Waals surface area (Å²) in [6, 6.07) is 8.39. The van der Waals surface area contributed by atoms with E-state index in [2.05, 4.69) is 69.8 Å². The van der Waals surface area contributed by atoms with Crippen molar-refractivity contribution in [2.45, 2.75) is 44.7 Å². The Morgan fingerprint density at radius 2 is 2.10 bits per heavy atom. The van der Waals surface area contributed by atoms with E-state index in [1.165, 1.54) is 10.9 Å². The van der Waals surface area contributed by atoms with Gasteiger partial charge in [0.05, 0.1) is 12.2 Å². The molecule has 5 rings (SSSR count). The second kappa shape index (κ2) is 8.48. The molecule has 5 heterocycles. The first kappa shape index (κ1) is 20.3. The molecule has 7 heteroatoms. The Bertz CT molecular complexity index is 1040. The first-order valence-corrected chi connectivity index (χ1v) is 11.3. The van der Waals surface area contributed by atoms with Gasteiger partial charge in [0.25, 0.3) is 0 Å². The Hall–Kier alpha value is -2.64. The summed E-state index contributed by atoms with van der Waals surface area (Å²) in [6.07, 6.45) is 6.11. The van der Waals surface area contributed by atoms with Gasteiger partial charge in [-0.2, -0.15) is 0 Å². The predicted molar refractivity (Wildman–Crippen MR) is 125 cm³/mol. The van der Waals surface area contributed by atoms with Crippen LogP contribution in [0.1, 0.15) is 43.9 Å². The van der Waals surface area contributed by atoms with Crippen molar-refractivity contribution in [1.82, 2.24) is 20.3 Å². The van der Waals surface area contributed by atoms with Gasteiger partial charge in [0.2, 0.25) is 0 Å². The van der Waals surface area contributed by atoms with Crippen molar-refractivity contribution < 1.29 is 4.74 Å². The van der Waals surface area contributed by atoms with Crippen molar-refractivity contribution in [2.24, 2.45) is 0 Å². The van der Waals surface area contributed by atoms with Crippen molar-refractivity contribution in [3.8, 4) is 0 Å². The number of aromatic amines is 1. The molecule has 3 aromatic heterocycles. The van der Waals surface area contributed by atoms with Gasteiger partial charge in [-0.05, 0) is 56.4 Å². The highest BCUT2D eigenvalue weighted by atomic mass is 16.5. The molecule has 3 aromatic rings. The third-order valence-corrected chi connectivity index (χ3v) is 6.41. The Morgan fingerprint density at radius 3 is 2.94 bits per heavy atom. The molecular weight excluding hydrogens is 388 g/mol. The minimum absolute atomic E-state index is 0.103. The molecule has 0 aliphatic carbocycles. The lowest BCUT2D eigenvalue weighted by atomic mass is 9.91. The first-order chi connectivity index (χ1) is 15.1. The fourth-order valence-electron chi connectivity index (χ4n) is 4.82. The van der Waals surface area contributed by atoms with Gasteiger partial charge in [-0.3, -0.25) is 0 Å². The summed E-state index contributed by atoms with van der Waals surface area (Å²) in [5.41, 5.74) is 4.55. The van der Waals surface area contributed by atoms with Gasteiger partial charge < -0.3 is 25.3 Å². The van der Waals surface area contributed by atoms with E-state index in [9.17, 15) is 0 Å². The highest BCUT2D eigenvalue weighted by molar-refractivity contribution is 5.92. The summed E-state index contributed by atoms with van der Waals surface area (Å²) in [5, 5.41) is 8.40. The zero-order valence-electron chi connectivity index (χ0n) is 18.4. The lowest BCUT2D eigenvalue weighted by Gasteiger charge is -2.39. The van der Waals surface area contributed by atoms with Crippen molar-refractivity contribution in [3.63, 3.8) is 0 Å². The predicted octanol–water partition coefficient (Wildman–Crippen LogP) is 3.65.